The Bertz CT molecular complexity index is 621. The highest BCUT2D eigenvalue weighted by Gasteiger charge is 2.68. The molecule has 5 aliphatic rings. The van der Waals surface area contributed by atoms with Gasteiger partial charge in [0.2, 0.25) is 0 Å². The Hall–Kier alpha value is -0.740. The molecule has 138 valence electrons. The highest BCUT2D eigenvalue weighted by atomic mass is 16.7. The van der Waals surface area contributed by atoms with Crippen LogP contribution in [0.1, 0.15) is 65.2 Å². The Kier molecular flexibility index (Phi) is 3.39. The maximum atomic E-state index is 12.7. The molecule has 1 heterocycles. The zero-order valence-electron chi connectivity index (χ0n) is 15.5. The fourth-order valence-corrected chi connectivity index (χ4v) is 7.54. The van der Waals surface area contributed by atoms with Gasteiger partial charge in [0.05, 0.1) is 13.2 Å². The van der Waals surface area contributed by atoms with E-state index in [0.29, 0.717) is 54.9 Å². The van der Waals surface area contributed by atoms with Crippen LogP contribution < -0.4 is 0 Å². The monoisotopic (exact) mass is 346 g/mol. The van der Waals surface area contributed by atoms with E-state index in [9.17, 15) is 9.59 Å². The Morgan fingerprint density at radius 1 is 0.960 bits per heavy atom. The van der Waals surface area contributed by atoms with E-state index in [1.54, 1.807) is 0 Å². The SMILES string of the molecule is C[C@]12CCC(=O)C[C@@H]1CC1(OCCO1)[C@H]1[C@H]2CC[C@]2(C)C(=O)CC[C@H]12. The predicted octanol–water partition coefficient (Wildman–Crippen LogP) is 3.52. The smallest absolute Gasteiger partial charge is 0.172 e. The van der Waals surface area contributed by atoms with Gasteiger partial charge in [0.15, 0.2) is 5.79 Å². The molecule has 4 heteroatoms. The molecule has 1 saturated heterocycles. The van der Waals surface area contributed by atoms with Gasteiger partial charge in [-0.25, -0.2) is 0 Å². The average molecular weight is 346 g/mol. The van der Waals surface area contributed by atoms with E-state index in [1.165, 1.54) is 0 Å². The third kappa shape index (κ3) is 2.01. The molecule has 0 radical (unpaired) electrons. The van der Waals surface area contributed by atoms with Gasteiger partial charge in [-0.3, -0.25) is 9.59 Å². The summed E-state index contributed by atoms with van der Waals surface area (Å²) in [6.45, 7) is 5.92. The molecule has 5 fully saturated rings. The van der Waals surface area contributed by atoms with E-state index >= 15 is 0 Å². The molecule has 1 spiro atoms. The lowest BCUT2D eigenvalue weighted by Crippen LogP contribution is -2.63. The van der Waals surface area contributed by atoms with Crippen molar-refractivity contribution in [1.82, 2.24) is 0 Å². The second-order valence-corrected chi connectivity index (χ2v) is 9.82. The van der Waals surface area contributed by atoms with Crippen molar-refractivity contribution in [2.45, 2.75) is 71.0 Å². The van der Waals surface area contributed by atoms with Crippen molar-refractivity contribution in [3.05, 3.63) is 0 Å². The van der Waals surface area contributed by atoms with Gasteiger partial charge < -0.3 is 9.47 Å². The van der Waals surface area contributed by atoms with Crippen LogP contribution in [0.4, 0.5) is 0 Å². The normalized spacial score (nSPS) is 51.3. The third-order valence-corrected chi connectivity index (χ3v) is 8.99. The van der Waals surface area contributed by atoms with Crippen LogP contribution in [0.2, 0.25) is 0 Å². The summed E-state index contributed by atoms with van der Waals surface area (Å²) in [5.74, 6) is 1.91. The number of ketones is 2. The molecule has 4 nitrogen and oxygen atoms in total. The molecule has 4 saturated carbocycles. The summed E-state index contributed by atoms with van der Waals surface area (Å²) in [4.78, 5) is 24.9. The van der Waals surface area contributed by atoms with Crippen LogP contribution in [0.5, 0.6) is 0 Å². The number of rotatable bonds is 0. The summed E-state index contributed by atoms with van der Waals surface area (Å²) in [5, 5.41) is 0. The highest BCUT2D eigenvalue weighted by molar-refractivity contribution is 5.87. The second-order valence-electron chi connectivity index (χ2n) is 9.82. The van der Waals surface area contributed by atoms with Crippen molar-refractivity contribution in [3.63, 3.8) is 0 Å². The van der Waals surface area contributed by atoms with Crippen LogP contribution in [0.15, 0.2) is 0 Å². The fraction of sp³-hybridized carbons (Fsp3) is 0.905. The van der Waals surface area contributed by atoms with Crippen molar-refractivity contribution < 1.29 is 19.1 Å². The largest absolute Gasteiger partial charge is 0.347 e. The molecule has 4 aliphatic carbocycles. The molecule has 0 aromatic heterocycles. The van der Waals surface area contributed by atoms with Gasteiger partial charge in [0.25, 0.3) is 0 Å². The van der Waals surface area contributed by atoms with E-state index in [0.717, 1.165) is 44.9 Å². The summed E-state index contributed by atoms with van der Waals surface area (Å²) in [6, 6.07) is 0. The van der Waals surface area contributed by atoms with Crippen LogP contribution >= 0.6 is 0 Å². The van der Waals surface area contributed by atoms with E-state index < -0.39 is 5.79 Å². The number of hydrogen-bond acceptors (Lipinski definition) is 4. The summed E-state index contributed by atoms with van der Waals surface area (Å²) >= 11 is 0. The number of carbonyl (C=O) groups excluding carboxylic acids is 2. The minimum Gasteiger partial charge on any atom is -0.347 e. The molecular formula is C21H30O4. The van der Waals surface area contributed by atoms with E-state index in [1.807, 2.05) is 0 Å². The quantitative estimate of drug-likeness (QED) is 0.673. The zero-order chi connectivity index (χ0) is 17.4. The first kappa shape index (κ1) is 16.4. The molecule has 0 bridgehead atoms. The molecule has 1 aliphatic heterocycles. The minimum absolute atomic E-state index is 0.183. The number of ether oxygens (including phenoxy) is 2. The molecule has 5 rings (SSSR count). The first-order chi connectivity index (χ1) is 11.9. The van der Waals surface area contributed by atoms with Crippen molar-refractivity contribution in [3.8, 4) is 0 Å². The van der Waals surface area contributed by atoms with Gasteiger partial charge in [0.1, 0.15) is 11.6 Å². The van der Waals surface area contributed by atoms with Gasteiger partial charge in [0, 0.05) is 37.0 Å². The number of hydrogen-bond donors (Lipinski definition) is 0. The Labute approximate surface area is 150 Å². The van der Waals surface area contributed by atoms with Gasteiger partial charge in [-0.05, 0) is 48.9 Å². The second kappa shape index (κ2) is 5.16. The molecule has 0 aromatic carbocycles. The Morgan fingerprint density at radius 3 is 2.48 bits per heavy atom. The maximum absolute atomic E-state index is 12.7. The topological polar surface area (TPSA) is 52.6 Å². The molecular weight excluding hydrogens is 316 g/mol. The van der Waals surface area contributed by atoms with Crippen molar-refractivity contribution >= 4 is 11.6 Å². The summed E-state index contributed by atoms with van der Waals surface area (Å²) in [6.07, 6.45) is 7.07. The Morgan fingerprint density at radius 2 is 1.72 bits per heavy atom. The highest BCUT2D eigenvalue weighted by Crippen LogP contribution is 2.68. The first-order valence-electron chi connectivity index (χ1n) is 10.2. The van der Waals surface area contributed by atoms with Gasteiger partial charge in [-0.15, -0.1) is 0 Å². The molecule has 0 unspecified atom stereocenters. The summed E-state index contributed by atoms with van der Waals surface area (Å²) in [7, 11) is 0. The predicted molar refractivity (Wildman–Crippen MR) is 91.8 cm³/mol. The molecule has 25 heavy (non-hydrogen) atoms. The number of Topliss-reactive ketones (excluding diaryl/α,β-unsaturated/α-hetero) is 2. The fourth-order valence-electron chi connectivity index (χ4n) is 7.54. The van der Waals surface area contributed by atoms with Crippen molar-refractivity contribution in [1.29, 1.82) is 0 Å². The first-order valence-corrected chi connectivity index (χ1v) is 10.2. The summed E-state index contributed by atoms with van der Waals surface area (Å²) < 4.78 is 12.6. The van der Waals surface area contributed by atoms with Crippen molar-refractivity contribution in [2.24, 2.45) is 34.5 Å². The minimum atomic E-state index is -0.538. The third-order valence-electron chi connectivity index (χ3n) is 8.99. The number of carbonyl (C=O) groups is 2. The van der Waals surface area contributed by atoms with Crippen molar-refractivity contribution in [2.75, 3.05) is 13.2 Å². The standard InChI is InChI=1S/C21H30O4/c1-19-7-5-14(22)11-13(19)12-21(24-9-10-25-21)18-15-3-4-17(23)20(15,2)8-6-16(18)19/h13,15-16,18H,3-12H2,1-2H3/t13-,15-,16-,18-,19+,20+/m1/s1. The van der Waals surface area contributed by atoms with Crippen LogP contribution in [0.3, 0.4) is 0 Å². The molecule has 6 atom stereocenters. The van der Waals surface area contributed by atoms with E-state index in [2.05, 4.69) is 13.8 Å². The lowest BCUT2D eigenvalue weighted by atomic mass is 9.43. The Balaban J connectivity index is 1.60. The lowest BCUT2D eigenvalue weighted by Gasteiger charge is -2.63. The van der Waals surface area contributed by atoms with Crippen LogP contribution in [0, 0.1) is 34.5 Å². The molecule has 0 amide bonds. The zero-order valence-corrected chi connectivity index (χ0v) is 15.5. The van der Waals surface area contributed by atoms with Crippen LogP contribution in [-0.2, 0) is 19.1 Å². The summed E-state index contributed by atoms with van der Waals surface area (Å²) in [5.41, 5.74) is 0.0171. The lowest BCUT2D eigenvalue weighted by molar-refractivity contribution is -0.292. The number of fused-ring (bicyclic) bond motifs is 6. The van der Waals surface area contributed by atoms with Gasteiger partial charge in [-0.1, -0.05) is 13.8 Å². The average Bonchev–Trinajstić information content (AvgIpc) is 3.16. The molecule has 0 N–H and O–H groups in total. The van der Waals surface area contributed by atoms with E-state index in [-0.39, 0.29) is 10.8 Å². The van der Waals surface area contributed by atoms with Gasteiger partial charge in [-0.2, -0.15) is 0 Å². The van der Waals surface area contributed by atoms with Crippen LogP contribution in [0.25, 0.3) is 0 Å². The van der Waals surface area contributed by atoms with Gasteiger partial charge >= 0.3 is 0 Å². The maximum Gasteiger partial charge on any atom is 0.172 e. The van der Waals surface area contributed by atoms with E-state index in [4.69, 9.17) is 9.47 Å². The molecule has 0 aromatic rings. The van der Waals surface area contributed by atoms with Crippen LogP contribution in [-0.4, -0.2) is 30.6 Å².